The molecule has 0 unspecified atom stereocenters. The molecule has 3 nitrogen and oxygen atoms in total. The SMILES string of the molecule is CO[C@@]12CCCC[C@]13CCN(CC1CC1)[C@H]2Cc1cccc(O)c13. The number of ether oxygens (including phenoxy) is 1. The second-order valence-electron chi connectivity index (χ2n) is 8.60. The molecule has 0 radical (unpaired) electrons. The lowest BCUT2D eigenvalue weighted by molar-refractivity contribution is -0.186. The van der Waals surface area contributed by atoms with Crippen LogP contribution in [-0.4, -0.2) is 41.8 Å². The van der Waals surface area contributed by atoms with Crippen LogP contribution >= 0.6 is 0 Å². The minimum atomic E-state index is -0.107. The Labute approximate surface area is 145 Å². The van der Waals surface area contributed by atoms with Crippen LogP contribution in [0.4, 0.5) is 0 Å². The predicted molar refractivity (Wildman–Crippen MR) is 94.4 cm³/mol. The van der Waals surface area contributed by atoms with Gasteiger partial charge in [-0.05, 0) is 62.6 Å². The number of hydrogen-bond donors (Lipinski definition) is 1. The van der Waals surface area contributed by atoms with E-state index in [9.17, 15) is 5.11 Å². The summed E-state index contributed by atoms with van der Waals surface area (Å²) in [6.07, 6.45) is 9.81. The quantitative estimate of drug-likeness (QED) is 0.920. The number of hydrogen-bond acceptors (Lipinski definition) is 3. The molecule has 1 saturated heterocycles. The molecule has 3 heteroatoms. The summed E-state index contributed by atoms with van der Waals surface area (Å²) in [4.78, 5) is 2.75. The van der Waals surface area contributed by atoms with E-state index in [1.54, 1.807) is 0 Å². The number of aromatic hydroxyl groups is 1. The van der Waals surface area contributed by atoms with Crippen molar-refractivity contribution in [3.05, 3.63) is 29.3 Å². The maximum Gasteiger partial charge on any atom is 0.119 e. The third kappa shape index (κ3) is 1.86. The molecule has 5 rings (SSSR count). The van der Waals surface area contributed by atoms with Crippen LogP contribution in [0.2, 0.25) is 0 Å². The van der Waals surface area contributed by atoms with E-state index < -0.39 is 0 Å². The summed E-state index contributed by atoms with van der Waals surface area (Å²) in [6, 6.07) is 6.64. The van der Waals surface area contributed by atoms with Crippen molar-refractivity contribution in [2.24, 2.45) is 5.92 Å². The van der Waals surface area contributed by atoms with Crippen molar-refractivity contribution in [3.8, 4) is 5.75 Å². The molecular formula is C21H29NO2. The maximum atomic E-state index is 10.8. The van der Waals surface area contributed by atoms with Crippen LogP contribution in [0.5, 0.6) is 5.75 Å². The van der Waals surface area contributed by atoms with Gasteiger partial charge in [-0.2, -0.15) is 0 Å². The van der Waals surface area contributed by atoms with Gasteiger partial charge < -0.3 is 9.84 Å². The number of rotatable bonds is 3. The first-order valence-corrected chi connectivity index (χ1v) is 9.81. The van der Waals surface area contributed by atoms with Gasteiger partial charge in [0.2, 0.25) is 0 Å². The smallest absolute Gasteiger partial charge is 0.119 e. The van der Waals surface area contributed by atoms with E-state index in [1.165, 1.54) is 56.3 Å². The molecule has 130 valence electrons. The molecule has 24 heavy (non-hydrogen) atoms. The lowest BCUT2D eigenvalue weighted by Crippen LogP contribution is -2.73. The number of fused-ring (bicyclic) bond motifs is 1. The summed E-state index contributed by atoms with van der Waals surface area (Å²) >= 11 is 0. The number of likely N-dealkylation sites (tertiary alicyclic amines) is 1. The van der Waals surface area contributed by atoms with Gasteiger partial charge in [0.25, 0.3) is 0 Å². The second kappa shape index (κ2) is 5.22. The lowest BCUT2D eigenvalue weighted by atomic mass is 9.49. The van der Waals surface area contributed by atoms with E-state index in [-0.39, 0.29) is 11.0 Å². The maximum absolute atomic E-state index is 10.8. The molecule has 2 bridgehead atoms. The van der Waals surface area contributed by atoms with Crippen LogP contribution < -0.4 is 0 Å². The fourth-order valence-corrected chi connectivity index (χ4v) is 6.43. The van der Waals surface area contributed by atoms with E-state index in [0.717, 1.165) is 25.2 Å². The zero-order chi connectivity index (χ0) is 16.4. The summed E-state index contributed by atoms with van der Waals surface area (Å²) in [5, 5.41) is 10.8. The van der Waals surface area contributed by atoms with Gasteiger partial charge in [0.15, 0.2) is 0 Å². The average molecular weight is 327 g/mol. The van der Waals surface area contributed by atoms with Gasteiger partial charge >= 0.3 is 0 Å². The molecular weight excluding hydrogens is 298 g/mol. The molecule has 0 aromatic heterocycles. The van der Waals surface area contributed by atoms with Gasteiger partial charge in [0.05, 0.1) is 5.60 Å². The average Bonchev–Trinajstić information content (AvgIpc) is 3.41. The topological polar surface area (TPSA) is 32.7 Å². The number of phenolic OH excluding ortho intramolecular Hbond substituents is 1. The predicted octanol–water partition coefficient (Wildman–Crippen LogP) is 3.63. The minimum absolute atomic E-state index is 0.0175. The third-order valence-corrected chi connectivity index (χ3v) is 7.59. The molecule has 1 aromatic carbocycles. The Bertz CT molecular complexity index is 655. The summed E-state index contributed by atoms with van der Waals surface area (Å²) in [6.45, 7) is 2.42. The zero-order valence-electron chi connectivity index (χ0n) is 14.8. The van der Waals surface area contributed by atoms with Gasteiger partial charge in [0.1, 0.15) is 5.75 Å². The van der Waals surface area contributed by atoms with E-state index in [4.69, 9.17) is 4.74 Å². The molecule has 0 amide bonds. The first kappa shape index (κ1) is 15.2. The summed E-state index contributed by atoms with van der Waals surface area (Å²) in [7, 11) is 1.93. The number of benzene rings is 1. The minimum Gasteiger partial charge on any atom is -0.508 e. The van der Waals surface area contributed by atoms with Crippen LogP contribution in [0, 0.1) is 5.92 Å². The van der Waals surface area contributed by atoms with Crippen molar-refractivity contribution in [2.45, 2.75) is 68.4 Å². The molecule has 1 aromatic rings. The summed E-state index contributed by atoms with van der Waals surface area (Å²) in [5.41, 5.74) is 2.51. The first-order chi connectivity index (χ1) is 11.7. The molecule has 2 saturated carbocycles. The highest BCUT2D eigenvalue weighted by Crippen LogP contribution is 2.61. The summed E-state index contributed by atoms with van der Waals surface area (Å²) < 4.78 is 6.43. The standard InChI is InChI=1S/C21H29NO2/c1-24-21-10-3-2-9-20(21)11-12-22(14-15-7-8-15)18(21)13-16-5-4-6-17(23)19(16)20/h4-6,15,18,23H,2-3,7-14H2,1H3/t18-,20+,21+/m0/s1. The highest BCUT2D eigenvalue weighted by atomic mass is 16.5. The first-order valence-electron chi connectivity index (χ1n) is 9.81. The van der Waals surface area contributed by atoms with Crippen molar-refractivity contribution in [1.29, 1.82) is 0 Å². The largest absolute Gasteiger partial charge is 0.508 e. The van der Waals surface area contributed by atoms with Crippen molar-refractivity contribution in [2.75, 3.05) is 20.2 Å². The Balaban J connectivity index is 1.68. The fourth-order valence-electron chi connectivity index (χ4n) is 6.43. The second-order valence-corrected chi connectivity index (χ2v) is 8.60. The Hall–Kier alpha value is -1.06. The van der Waals surface area contributed by atoms with E-state index in [2.05, 4.69) is 11.0 Å². The summed E-state index contributed by atoms with van der Waals surface area (Å²) in [5.74, 6) is 1.42. The number of phenols is 1. The Morgan fingerprint density at radius 1 is 1.21 bits per heavy atom. The zero-order valence-corrected chi connectivity index (χ0v) is 14.8. The molecule has 1 N–H and O–H groups in total. The van der Waals surface area contributed by atoms with Crippen LogP contribution in [0.25, 0.3) is 0 Å². The van der Waals surface area contributed by atoms with Gasteiger partial charge in [-0.25, -0.2) is 0 Å². The van der Waals surface area contributed by atoms with Gasteiger partial charge in [-0.15, -0.1) is 0 Å². The van der Waals surface area contributed by atoms with Crippen molar-refractivity contribution in [3.63, 3.8) is 0 Å². The monoisotopic (exact) mass is 327 g/mol. The Morgan fingerprint density at radius 3 is 2.83 bits per heavy atom. The van der Waals surface area contributed by atoms with Crippen LogP contribution in [-0.2, 0) is 16.6 Å². The third-order valence-electron chi connectivity index (χ3n) is 7.59. The molecule has 3 fully saturated rings. The normalized spacial score (nSPS) is 38.5. The van der Waals surface area contributed by atoms with Gasteiger partial charge in [0, 0.05) is 30.7 Å². The molecule has 1 heterocycles. The lowest BCUT2D eigenvalue weighted by Gasteiger charge is -2.65. The Morgan fingerprint density at radius 2 is 2.04 bits per heavy atom. The van der Waals surface area contributed by atoms with Crippen molar-refractivity contribution >= 4 is 0 Å². The number of methoxy groups -OCH3 is 1. The fraction of sp³-hybridized carbons (Fsp3) is 0.714. The molecule has 1 aliphatic heterocycles. The molecule has 3 atom stereocenters. The number of nitrogens with zero attached hydrogens (tertiary/aromatic N) is 1. The van der Waals surface area contributed by atoms with E-state index in [1.807, 2.05) is 19.2 Å². The van der Waals surface area contributed by atoms with E-state index >= 15 is 0 Å². The van der Waals surface area contributed by atoms with Crippen LogP contribution in [0.15, 0.2) is 18.2 Å². The molecule has 0 spiro atoms. The number of piperidine rings is 1. The van der Waals surface area contributed by atoms with Crippen molar-refractivity contribution in [1.82, 2.24) is 4.90 Å². The van der Waals surface area contributed by atoms with Crippen LogP contribution in [0.1, 0.15) is 56.1 Å². The van der Waals surface area contributed by atoms with Crippen LogP contribution in [0.3, 0.4) is 0 Å². The molecule has 4 aliphatic rings. The highest BCUT2D eigenvalue weighted by molar-refractivity contribution is 5.52. The Kier molecular flexibility index (Phi) is 3.31. The van der Waals surface area contributed by atoms with Gasteiger partial charge in [-0.1, -0.05) is 25.0 Å². The highest BCUT2D eigenvalue weighted by Gasteiger charge is 2.65. The molecule has 3 aliphatic carbocycles. The van der Waals surface area contributed by atoms with Gasteiger partial charge in [-0.3, -0.25) is 4.90 Å². The van der Waals surface area contributed by atoms with Crippen molar-refractivity contribution < 1.29 is 9.84 Å². The van der Waals surface area contributed by atoms with E-state index in [0.29, 0.717) is 11.8 Å².